The van der Waals surface area contributed by atoms with Gasteiger partial charge < -0.3 is 20.7 Å². The number of halogens is 1. The van der Waals surface area contributed by atoms with E-state index in [0.717, 1.165) is 11.3 Å². The van der Waals surface area contributed by atoms with Crippen molar-refractivity contribution in [1.29, 1.82) is 0 Å². The van der Waals surface area contributed by atoms with Gasteiger partial charge in [-0.2, -0.15) is 0 Å². The Balaban J connectivity index is 0.00000242. The molecule has 0 bridgehead atoms. The number of nitrogens with one attached hydrogen (secondary N) is 1. The predicted octanol–water partition coefficient (Wildman–Crippen LogP) is 0.797. The van der Waals surface area contributed by atoms with Gasteiger partial charge in [-0.15, -0.1) is 12.4 Å². The number of nitrogens with two attached hydrogens (primary N) is 1. The van der Waals surface area contributed by atoms with E-state index < -0.39 is 0 Å². The number of morpholine rings is 1. The van der Waals surface area contributed by atoms with Gasteiger partial charge in [0, 0.05) is 31.7 Å². The Morgan fingerprint density at radius 2 is 1.82 bits per heavy atom. The van der Waals surface area contributed by atoms with Crippen molar-refractivity contribution in [3.8, 4) is 0 Å². The van der Waals surface area contributed by atoms with Crippen LogP contribution in [0, 0.1) is 0 Å². The third-order valence-corrected chi connectivity index (χ3v) is 3.33. The topological polar surface area (TPSA) is 84.7 Å². The average molecular weight is 328 g/mol. The number of anilines is 1. The molecule has 3 N–H and O–H groups in total. The van der Waals surface area contributed by atoms with E-state index in [1.165, 1.54) is 0 Å². The molecule has 0 aliphatic carbocycles. The minimum atomic E-state index is -0.102. The Morgan fingerprint density at radius 3 is 2.41 bits per heavy atom. The Kier molecular flexibility index (Phi) is 7.87. The lowest BCUT2D eigenvalue weighted by Gasteiger charge is -2.26. The molecule has 0 radical (unpaired) electrons. The molecule has 6 nitrogen and oxygen atoms in total. The van der Waals surface area contributed by atoms with Gasteiger partial charge in [0.05, 0.1) is 19.6 Å². The maximum atomic E-state index is 12.1. The van der Waals surface area contributed by atoms with Crippen molar-refractivity contribution in [3.63, 3.8) is 0 Å². The highest BCUT2D eigenvalue weighted by Gasteiger charge is 2.16. The highest BCUT2D eigenvalue weighted by atomic mass is 35.5. The number of ether oxygens (including phenoxy) is 1. The van der Waals surface area contributed by atoms with Crippen LogP contribution in [0.2, 0.25) is 0 Å². The van der Waals surface area contributed by atoms with Crippen molar-refractivity contribution in [3.05, 3.63) is 29.8 Å². The van der Waals surface area contributed by atoms with Crippen LogP contribution in [-0.2, 0) is 20.7 Å². The van der Waals surface area contributed by atoms with Crippen LogP contribution >= 0.6 is 12.4 Å². The number of hydrogen-bond acceptors (Lipinski definition) is 4. The van der Waals surface area contributed by atoms with Crippen LogP contribution in [0.1, 0.15) is 12.0 Å². The molecule has 1 aromatic rings. The molecule has 1 saturated heterocycles. The number of carbonyl (C=O) groups excluding carboxylic acids is 2. The van der Waals surface area contributed by atoms with Gasteiger partial charge in [-0.05, 0) is 17.7 Å². The molecular weight excluding hydrogens is 306 g/mol. The monoisotopic (exact) mass is 327 g/mol. The van der Waals surface area contributed by atoms with Crippen LogP contribution in [0.5, 0.6) is 0 Å². The maximum Gasteiger partial charge on any atom is 0.227 e. The fourth-order valence-corrected chi connectivity index (χ4v) is 2.16. The molecule has 0 atom stereocenters. The molecule has 1 aliphatic rings. The van der Waals surface area contributed by atoms with Gasteiger partial charge in [-0.1, -0.05) is 12.1 Å². The first kappa shape index (κ1) is 18.4. The Labute approximate surface area is 136 Å². The van der Waals surface area contributed by atoms with Gasteiger partial charge in [0.25, 0.3) is 0 Å². The lowest BCUT2D eigenvalue weighted by molar-refractivity contribution is -0.134. The Bertz CT molecular complexity index is 487. The highest BCUT2D eigenvalue weighted by Crippen LogP contribution is 2.12. The van der Waals surface area contributed by atoms with Gasteiger partial charge in [-0.3, -0.25) is 9.59 Å². The third-order valence-electron chi connectivity index (χ3n) is 3.33. The molecule has 122 valence electrons. The van der Waals surface area contributed by atoms with Crippen molar-refractivity contribution in [2.75, 3.05) is 38.2 Å². The van der Waals surface area contributed by atoms with Crippen molar-refractivity contribution >= 4 is 29.9 Å². The van der Waals surface area contributed by atoms with E-state index in [1.807, 2.05) is 17.0 Å². The summed E-state index contributed by atoms with van der Waals surface area (Å²) in [6.07, 6.45) is 0.675. The van der Waals surface area contributed by atoms with E-state index >= 15 is 0 Å². The van der Waals surface area contributed by atoms with Crippen LogP contribution in [0.4, 0.5) is 5.69 Å². The molecule has 0 spiro atoms. The lowest BCUT2D eigenvalue weighted by atomic mass is 10.1. The summed E-state index contributed by atoms with van der Waals surface area (Å²) >= 11 is 0. The summed E-state index contributed by atoms with van der Waals surface area (Å²) < 4.78 is 5.23. The molecule has 2 amide bonds. The Morgan fingerprint density at radius 1 is 1.18 bits per heavy atom. The van der Waals surface area contributed by atoms with Crippen LogP contribution in [-0.4, -0.2) is 49.6 Å². The second-order valence-electron chi connectivity index (χ2n) is 4.95. The zero-order chi connectivity index (χ0) is 15.1. The van der Waals surface area contributed by atoms with Gasteiger partial charge in [0.2, 0.25) is 11.8 Å². The molecule has 1 aromatic carbocycles. The summed E-state index contributed by atoms with van der Waals surface area (Å²) in [6.45, 7) is 2.87. The number of nitrogens with zero attached hydrogens (tertiary/aromatic N) is 1. The van der Waals surface area contributed by atoms with E-state index in [2.05, 4.69) is 5.32 Å². The quantitative estimate of drug-likeness (QED) is 0.837. The van der Waals surface area contributed by atoms with E-state index in [1.54, 1.807) is 12.1 Å². The fourth-order valence-electron chi connectivity index (χ4n) is 2.16. The Hall–Kier alpha value is -1.63. The summed E-state index contributed by atoms with van der Waals surface area (Å²) in [7, 11) is 0. The molecule has 7 heteroatoms. The molecule has 1 heterocycles. The molecule has 0 aromatic heterocycles. The van der Waals surface area contributed by atoms with Crippen LogP contribution in [0.25, 0.3) is 0 Å². The van der Waals surface area contributed by atoms with Crippen molar-refractivity contribution < 1.29 is 14.3 Å². The number of hydrogen-bond donors (Lipinski definition) is 2. The third kappa shape index (κ3) is 5.63. The second kappa shape index (κ2) is 9.40. The lowest BCUT2D eigenvalue weighted by Crippen LogP contribution is -2.41. The molecule has 22 heavy (non-hydrogen) atoms. The second-order valence-corrected chi connectivity index (χ2v) is 4.95. The largest absolute Gasteiger partial charge is 0.378 e. The summed E-state index contributed by atoms with van der Waals surface area (Å²) in [5.41, 5.74) is 6.97. The molecule has 0 saturated carbocycles. The average Bonchev–Trinajstić information content (AvgIpc) is 2.50. The number of amides is 2. The van der Waals surface area contributed by atoms with Crippen molar-refractivity contribution in [2.24, 2.45) is 5.73 Å². The zero-order valence-electron chi connectivity index (χ0n) is 12.4. The predicted molar refractivity (Wildman–Crippen MR) is 87.1 cm³/mol. The van der Waals surface area contributed by atoms with E-state index in [4.69, 9.17) is 10.5 Å². The molecule has 0 unspecified atom stereocenters. The van der Waals surface area contributed by atoms with Crippen LogP contribution in [0.3, 0.4) is 0 Å². The normalized spacial score (nSPS) is 14.1. The number of benzene rings is 1. The molecular formula is C15H22ClN3O3. The standard InChI is InChI=1S/C15H21N3O3.ClH/c16-6-5-14(19)17-13-3-1-12(2-4-13)11-15(20)18-7-9-21-10-8-18;/h1-4H,5-11,16H2,(H,17,19);1H. The summed E-state index contributed by atoms with van der Waals surface area (Å²) in [5, 5.41) is 2.76. The van der Waals surface area contributed by atoms with Crippen molar-refractivity contribution in [1.82, 2.24) is 4.90 Å². The maximum absolute atomic E-state index is 12.1. The van der Waals surface area contributed by atoms with E-state index in [9.17, 15) is 9.59 Å². The number of rotatable bonds is 5. The first-order valence-electron chi connectivity index (χ1n) is 7.13. The minimum absolute atomic E-state index is 0. The summed E-state index contributed by atoms with van der Waals surface area (Å²) in [5.74, 6) is 0.00728. The smallest absolute Gasteiger partial charge is 0.227 e. The summed E-state index contributed by atoms with van der Waals surface area (Å²) in [6, 6.07) is 7.32. The van der Waals surface area contributed by atoms with Gasteiger partial charge >= 0.3 is 0 Å². The SMILES string of the molecule is Cl.NCCC(=O)Nc1ccc(CC(=O)N2CCOCC2)cc1. The minimum Gasteiger partial charge on any atom is -0.378 e. The van der Waals surface area contributed by atoms with Gasteiger partial charge in [-0.25, -0.2) is 0 Å². The highest BCUT2D eigenvalue weighted by molar-refractivity contribution is 5.90. The van der Waals surface area contributed by atoms with Crippen molar-refractivity contribution in [2.45, 2.75) is 12.8 Å². The van der Waals surface area contributed by atoms with Crippen LogP contribution in [0.15, 0.2) is 24.3 Å². The fraction of sp³-hybridized carbons (Fsp3) is 0.467. The van der Waals surface area contributed by atoms with Gasteiger partial charge in [0.15, 0.2) is 0 Å². The number of carbonyl (C=O) groups is 2. The van der Waals surface area contributed by atoms with E-state index in [0.29, 0.717) is 45.7 Å². The van der Waals surface area contributed by atoms with E-state index in [-0.39, 0.29) is 24.2 Å². The zero-order valence-corrected chi connectivity index (χ0v) is 13.2. The molecule has 2 rings (SSSR count). The molecule has 1 aliphatic heterocycles. The summed E-state index contributed by atoms with van der Waals surface area (Å²) in [4.78, 5) is 25.3. The van der Waals surface area contributed by atoms with Crippen LogP contribution < -0.4 is 11.1 Å². The van der Waals surface area contributed by atoms with Gasteiger partial charge in [0.1, 0.15) is 0 Å². The molecule has 1 fully saturated rings. The first-order valence-corrected chi connectivity index (χ1v) is 7.13. The first-order chi connectivity index (χ1) is 10.2.